The lowest BCUT2D eigenvalue weighted by Crippen LogP contribution is -2.38. The smallest absolute Gasteiger partial charge is 0.312 e. The van der Waals surface area contributed by atoms with Gasteiger partial charge in [0, 0.05) is 17.0 Å². The lowest BCUT2D eigenvalue weighted by Gasteiger charge is -2.24. The summed E-state index contributed by atoms with van der Waals surface area (Å²) in [5.74, 6) is -0.673. The van der Waals surface area contributed by atoms with Crippen molar-refractivity contribution < 1.29 is 14.0 Å². The molecular weight excluding hydrogens is 409 g/mol. The molecule has 0 bridgehead atoms. The third-order valence-corrected chi connectivity index (χ3v) is 5.29. The monoisotopic (exact) mass is 427 g/mol. The molecule has 0 aliphatic heterocycles. The number of carbonyl (C=O) groups excluding carboxylic acids is 2. The number of nitrogens with one attached hydrogen (secondary N) is 1. The number of hydrogen-bond acceptors (Lipinski definition) is 3. The Balaban J connectivity index is 2.14. The molecule has 0 radical (unpaired) electrons. The molecule has 25 heavy (non-hydrogen) atoms. The first-order valence-corrected chi connectivity index (χ1v) is 9.34. The number of primary amides is 1. The van der Waals surface area contributed by atoms with E-state index in [4.69, 9.17) is 5.73 Å². The molecule has 0 spiro atoms. The van der Waals surface area contributed by atoms with Crippen LogP contribution >= 0.6 is 27.3 Å². The van der Waals surface area contributed by atoms with Crippen LogP contribution in [0.3, 0.4) is 0 Å². The van der Waals surface area contributed by atoms with Crippen LogP contribution in [0.2, 0.25) is 0 Å². The topological polar surface area (TPSA) is 75.4 Å². The van der Waals surface area contributed by atoms with Crippen molar-refractivity contribution in [1.82, 2.24) is 10.2 Å². The predicted molar refractivity (Wildman–Crippen MR) is 99.6 cm³/mol. The lowest BCUT2D eigenvalue weighted by atomic mass is 10.0. The molecule has 8 heteroatoms. The zero-order valence-corrected chi connectivity index (χ0v) is 16.1. The third kappa shape index (κ3) is 5.54. The molecule has 0 unspecified atom stereocenters. The van der Waals surface area contributed by atoms with Crippen molar-refractivity contribution in [2.45, 2.75) is 25.9 Å². The van der Waals surface area contributed by atoms with Crippen molar-refractivity contribution in [1.29, 1.82) is 0 Å². The zero-order chi connectivity index (χ0) is 18.4. The number of carbonyl (C=O) groups is 2. The van der Waals surface area contributed by atoms with Gasteiger partial charge in [-0.25, -0.2) is 9.18 Å². The Morgan fingerprint density at radius 3 is 2.60 bits per heavy atom. The fourth-order valence-corrected chi connectivity index (χ4v) is 3.97. The van der Waals surface area contributed by atoms with Gasteiger partial charge in [0.2, 0.25) is 5.91 Å². The number of rotatable bonds is 7. The van der Waals surface area contributed by atoms with E-state index < -0.39 is 17.9 Å². The molecule has 3 N–H and O–H groups in total. The highest BCUT2D eigenvalue weighted by atomic mass is 79.9. The molecule has 134 valence electrons. The van der Waals surface area contributed by atoms with Crippen LogP contribution in [0.15, 0.2) is 40.2 Å². The Morgan fingerprint density at radius 1 is 1.32 bits per heavy atom. The van der Waals surface area contributed by atoms with Gasteiger partial charge in [-0.3, -0.25) is 4.79 Å². The normalized spacial score (nSPS) is 11.8. The molecule has 0 aliphatic rings. The number of hydrogen-bond donors (Lipinski definition) is 2. The summed E-state index contributed by atoms with van der Waals surface area (Å²) in [6.45, 7) is 2.85. The summed E-state index contributed by atoms with van der Waals surface area (Å²) < 4.78 is 15.0. The first kappa shape index (κ1) is 19.4. The van der Waals surface area contributed by atoms with Gasteiger partial charge in [0.15, 0.2) is 0 Å². The summed E-state index contributed by atoms with van der Waals surface area (Å²) in [5.41, 5.74) is 5.43. The summed E-state index contributed by atoms with van der Waals surface area (Å²) in [6, 6.07) is 8.29. The van der Waals surface area contributed by atoms with Crippen LogP contribution in [0.5, 0.6) is 0 Å². The molecule has 0 aliphatic carbocycles. The molecule has 5 nitrogen and oxygen atoms in total. The Morgan fingerprint density at radius 2 is 2.04 bits per heavy atom. The molecule has 1 atom stereocenters. The Labute approximate surface area is 158 Å². The number of thiophene rings is 1. The van der Waals surface area contributed by atoms with Crippen molar-refractivity contribution in [2.75, 3.05) is 6.54 Å². The highest BCUT2D eigenvalue weighted by molar-refractivity contribution is 9.11. The molecule has 1 aromatic carbocycles. The fourth-order valence-electron chi connectivity index (χ4n) is 2.47. The summed E-state index contributed by atoms with van der Waals surface area (Å²) in [7, 11) is 0. The number of urea groups is 1. The summed E-state index contributed by atoms with van der Waals surface area (Å²) in [6.07, 6.45) is -0.0652. The Hall–Kier alpha value is -1.93. The molecule has 3 amide bonds. The van der Waals surface area contributed by atoms with Crippen molar-refractivity contribution in [3.05, 3.63) is 56.4 Å². The summed E-state index contributed by atoms with van der Waals surface area (Å²) in [4.78, 5) is 26.6. The SMILES string of the molecule is CCN(Cc1ccc(Br)s1)C(=O)C[C@H](NC(N)=O)c1ccccc1F. The van der Waals surface area contributed by atoms with Gasteiger partial charge >= 0.3 is 6.03 Å². The minimum atomic E-state index is -0.810. The lowest BCUT2D eigenvalue weighted by molar-refractivity contribution is -0.132. The van der Waals surface area contributed by atoms with Crippen LogP contribution in [-0.2, 0) is 11.3 Å². The van der Waals surface area contributed by atoms with E-state index in [1.807, 2.05) is 19.1 Å². The maximum Gasteiger partial charge on any atom is 0.312 e. The quantitative estimate of drug-likeness (QED) is 0.704. The predicted octanol–water partition coefficient (Wildman–Crippen LogP) is 3.80. The van der Waals surface area contributed by atoms with Crippen molar-refractivity contribution >= 4 is 39.2 Å². The second-order valence-electron chi connectivity index (χ2n) is 5.40. The minimum absolute atomic E-state index is 0.0652. The Kier molecular flexibility index (Phi) is 6.95. The molecule has 0 saturated carbocycles. The van der Waals surface area contributed by atoms with Gasteiger partial charge in [-0.05, 0) is 41.1 Å². The van der Waals surface area contributed by atoms with E-state index >= 15 is 0 Å². The number of amides is 3. The van der Waals surface area contributed by atoms with Crippen molar-refractivity contribution in [3.8, 4) is 0 Å². The fraction of sp³-hybridized carbons (Fsp3) is 0.294. The Bertz CT molecular complexity index is 753. The van der Waals surface area contributed by atoms with Gasteiger partial charge in [0.1, 0.15) is 5.82 Å². The van der Waals surface area contributed by atoms with Gasteiger partial charge in [0.25, 0.3) is 0 Å². The van der Waals surface area contributed by atoms with Crippen molar-refractivity contribution in [3.63, 3.8) is 0 Å². The van der Waals surface area contributed by atoms with Gasteiger partial charge in [-0.15, -0.1) is 11.3 Å². The minimum Gasteiger partial charge on any atom is -0.352 e. The number of nitrogens with two attached hydrogens (primary N) is 1. The van der Waals surface area contributed by atoms with Crippen LogP contribution < -0.4 is 11.1 Å². The first-order chi connectivity index (χ1) is 11.9. The van der Waals surface area contributed by atoms with E-state index in [-0.39, 0.29) is 17.9 Å². The van der Waals surface area contributed by atoms with Crippen LogP contribution in [0, 0.1) is 5.82 Å². The highest BCUT2D eigenvalue weighted by Crippen LogP contribution is 2.25. The maximum absolute atomic E-state index is 14.1. The van der Waals surface area contributed by atoms with E-state index in [2.05, 4.69) is 21.2 Å². The summed E-state index contributed by atoms with van der Waals surface area (Å²) in [5, 5.41) is 2.46. The van der Waals surface area contributed by atoms with E-state index in [1.54, 1.807) is 28.4 Å². The molecule has 2 aromatic rings. The molecule has 0 fully saturated rings. The van der Waals surface area contributed by atoms with Crippen LogP contribution in [-0.4, -0.2) is 23.4 Å². The first-order valence-electron chi connectivity index (χ1n) is 7.73. The second kappa shape index (κ2) is 8.96. The van der Waals surface area contributed by atoms with E-state index in [1.165, 1.54) is 12.1 Å². The average molecular weight is 428 g/mol. The molecule has 0 saturated heterocycles. The molecule has 1 heterocycles. The van der Waals surface area contributed by atoms with Gasteiger partial charge in [-0.2, -0.15) is 0 Å². The molecular formula is C17H19BrFN3O2S. The second-order valence-corrected chi connectivity index (χ2v) is 7.95. The van der Waals surface area contributed by atoms with Crippen molar-refractivity contribution in [2.24, 2.45) is 5.73 Å². The standard InChI is InChI=1S/C17H19BrFN3O2S/c1-2-22(10-11-7-8-15(18)25-11)16(23)9-14(21-17(20)24)12-5-3-4-6-13(12)19/h3-8,14H,2,9-10H2,1H3,(H3,20,21,24)/t14-/m0/s1. The third-order valence-electron chi connectivity index (χ3n) is 3.69. The van der Waals surface area contributed by atoms with Crippen LogP contribution in [0.25, 0.3) is 0 Å². The number of nitrogens with zero attached hydrogens (tertiary/aromatic N) is 1. The van der Waals surface area contributed by atoms with Crippen LogP contribution in [0.4, 0.5) is 9.18 Å². The van der Waals surface area contributed by atoms with Gasteiger partial charge in [0.05, 0.1) is 22.8 Å². The van der Waals surface area contributed by atoms with Gasteiger partial charge in [-0.1, -0.05) is 18.2 Å². The van der Waals surface area contributed by atoms with Crippen LogP contribution in [0.1, 0.15) is 29.8 Å². The summed E-state index contributed by atoms with van der Waals surface area (Å²) >= 11 is 4.95. The van der Waals surface area contributed by atoms with E-state index in [9.17, 15) is 14.0 Å². The highest BCUT2D eigenvalue weighted by Gasteiger charge is 2.23. The number of halogens is 2. The van der Waals surface area contributed by atoms with E-state index in [0.717, 1.165) is 8.66 Å². The molecule has 1 aromatic heterocycles. The maximum atomic E-state index is 14.1. The number of benzene rings is 1. The molecule has 2 rings (SSSR count). The van der Waals surface area contributed by atoms with Gasteiger partial charge < -0.3 is 16.0 Å². The largest absolute Gasteiger partial charge is 0.352 e. The van der Waals surface area contributed by atoms with E-state index in [0.29, 0.717) is 13.1 Å². The average Bonchev–Trinajstić information content (AvgIpc) is 2.97. The zero-order valence-electron chi connectivity index (χ0n) is 13.7.